The second kappa shape index (κ2) is 5.93. The highest BCUT2D eigenvalue weighted by molar-refractivity contribution is 6.30. The molecule has 2 atom stereocenters. The standard InChI is InChI=1S/C16H22ClFN2O/c1-16(2,3)20-14(21)6-4-5-13(19)15(20)11-8-7-10(17)9-12(11)18/h7-9,13,15H,4-6,19H2,1-3H3. The van der Waals surface area contributed by atoms with Crippen molar-refractivity contribution in [3.8, 4) is 0 Å². The zero-order valence-electron chi connectivity index (χ0n) is 12.7. The Balaban J connectivity index is 2.54. The fourth-order valence-electron chi connectivity index (χ4n) is 3.02. The molecule has 21 heavy (non-hydrogen) atoms. The number of likely N-dealkylation sites (tertiary alicyclic amines) is 1. The minimum atomic E-state index is -0.461. The molecule has 0 radical (unpaired) electrons. The highest BCUT2D eigenvalue weighted by atomic mass is 35.5. The lowest BCUT2D eigenvalue weighted by molar-refractivity contribution is -0.139. The first-order valence-electron chi connectivity index (χ1n) is 7.24. The highest BCUT2D eigenvalue weighted by Crippen LogP contribution is 2.37. The number of carbonyl (C=O) groups is 1. The minimum Gasteiger partial charge on any atom is -0.329 e. The summed E-state index contributed by atoms with van der Waals surface area (Å²) in [6, 6.07) is 3.81. The number of rotatable bonds is 1. The van der Waals surface area contributed by atoms with E-state index >= 15 is 0 Å². The van der Waals surface area contributed by atoms with Crippen LogP contribution in [0.3, 0.4) is 0 Å². The van der Waals surface area contributed by atoms with Crippen LogP contribution >= 0.6 is 11.6 Å². The number of amides is 1. The van der Waals surface area contributed by atoms with Crippen molar-refractivity contribution in [2.45, 2.75) is 57.7 Å². The smallest absolute Gasteiger partial charge is 0.223 e. The van der Waals surface area contributed by atoms with Crippen LogP contribution in [0.4, 0.5) is 4.39 Å². The number of nitrogens with zero attached hydrogens (tertiary/aromatic N) is 1. The Kier molecular flexibility index (Phi) is 4.59. The maximum Gasteiger partial charge on any atom is 0.223 e. The molecule has 1 fully saturated rings. The van der Waals surface area contributed by atoms with Crippen LogP contribution in [0.15, 0.2) is 18.2 Å². The molecule has 0 aliphatic carbocycles. The molecule has 116 valence electrons. The molecule has 1 aliphatic rings. The van der Waals surface area contributed by atoms with Gasteiger partial charge in [-0.2, -0.15) is 0 Å². The molecule has 1 heterocycles. The lowest BCUT2D eigenvalue weighted by atomic mass is 9.92. The molecular weight excluding hydrogens is 291 g/mol. The van der Waals surface area contributed by atoms with E-state index in [9.17, 15) is 9.18 Å². The van der Waals surface area contributed by atoms with Gasteiger partial charge in [0.25, 0.3) is 0 Å². The molecule has 0 aromatic heterocycles. The van der Waals surface area contributed by atoms with Gasteiger partial charge in [-0.3, -0.25) is 4.79 Å². The van der Waals surface area contributed by atoms with E-state index in [0.717, 1.165) is 6.42 Å². The predicted molar refractivity (Wildman–Crippen MR) is 82.6 cm³/mol. The zero-order valence-corrected chi connectivity index (χ0v) is 13.5. The van der Waals surface area contributed by atoms with Crippen LogP contribution in [-0.2, 0) is 4.79 Å². The first-order chi connectivity index (χ1) is 9.71. The van der Waals surface area contributed by atoms with E-state index in [4.69, 9.17) is 17.3 Å². The Morgan fingerprint density at radius 2 is 2.05 bits per heavy atom. The van der Waals surface area contributed by atoms with Gasteiger partial charge in [0.05, 0.1) is 6.04 Å². The van der Waals surface area contributed by atoms with Crippen molar-refractivity contribution in [2.75, 3.05) is 0 Å². The first-order valence-corrected chi connectivity index (χ1v) is 7.62. The summed E-state index contributed by atoms with van der Waals surface area (Å²) in [6.45, 7) is 5.84. The van der Waals surface area contributed by atoms with E-state index in [-0.39, 0.29) is 11.9 Å². The molecule has 0 bridgehead atoms. The Bertz CT molecular complexity index is 542. The molecule has 1 aromatic rings. The Hall–Kier alpha value is -1.13. The SMILES string of the molecule is CC(C)(C)N1C(=O)CCCC(N)C1c1ccc(Cl)cc1F. The summed E-state index contributed by atoms with van der Waals surface area (Å²) < 4.78 is 14.4. The molecule has 0 saturated carbocycles. The van der Waals surface area contributed by atoms with Crippen molar-refractivity contribution >= 4 is 17.5 Å². The summed E-state index contributed by atoms with van der Waals surface area (Å²) >= 11 is 5.83. The van der Waals surface area contributed by atoms with Crippen molar-refractivity contribution in [3.05, 3.63) is 34.6 Å². The van der Waals surface area contributed by atoms with E-state index in [1.807, 2.05) is 20.8 Å². The van der Waals surface area contributed by atoms with Crippen molar-refractivity contribution in [1.82, 2.24) is 4.90 Å². The zero-order chi connectivity index (χ0) is 15.8. The normalized spacial score (nSPS) is 24.1. The van der Waals surface area contributed by atoms with Crippen LogP contribution in [0.25, 0.3) is 0 Å². The minimum absolute atomic E-state index is 0.0230. The molecule has 3 nitrogen and oxygen atoms in total. The van der Waals surface area contributed by atoms with Crippen LogP contribution in [0.1, 0.15) is 51.6 Å². The van der Waals surface area contributed by atoms with Gasteiger partial charge in [0.1, 0.15) is 5.82 Å². The van der Waals surface area contributed by atoms with Crippen molar-refractivity contribution < 1.29 is 9.18 Å². The van der Waals surface area contributed by atoms with Crippen molar-refractivity contribution in [3.63, 3.8) is 0 Å². The van der Waals surface area contributed by atoms with Gasteiger partial charge in [0.15, 0.2) is 0 Å². The van der Waals surface area contributed by atoms with E-state index in [0.29, 0.717) is 23.4 Å². The average molecular weight is 313 g/mol. The fourth-order valence-corrected chi connectivity index (χ4v) is 3.18. The van der Waals surface area contributed by atoms with Crippen LogP contribution in [-0.4, -0.2) is 22.4 Å². The molecule has 1 saturated heterocycles. The van der Waals surface area contributed by atoms with Gasteiger partial charge in [-0.25, -0.2) is 4.39 Å². The third kappa shape index (κ3) is 3.38. The summed E-state index contributed by atoms with van der Waals surface area (Å²) in [4.78, 5) is 14.2. The maximum atomic E-state index is 14.4. The van der Waals surface area contributed by atoms with Gasteiger partial charge in [0, 0.05) is 28.6 Å². The van der Waals surface area contributed by atoms with Crippen molar-refractivity contribution in [1.29, 1.82) is 0 Å². The second-order valence-electron chi connectivity index (χ2n) is 6.60. The van der Waals surface area contributed by atoms with Crippen LogP contribution < -0.4 is 5.73 Å². The molecule has 2 N–H and O–H groups in total. The van der Waals surface area contributed by atoms with Gasteiger partial charge in [-0.1, -0.05) is 17.7 Å². The van der Waals surface area contributed by atoms with E-state index in [1.165, 1.54) is 6.07 Å². The maximum absolute atomic E-state index is 14.4. The van der Waals surface area contributed by atoms with E-state index < -0.39 is 17.4 Å². The van der Waals surface area contributed by atoms with Gasteiger partial charge in [-0.05, 0) is 45.7 Å². The Morgan fingerprint density at radius 1 is 1.38 bits per heavy atom. The molecule has 0 spiro atoms. The lowest BCUT2D eigenvalue weighted by Crippen LogP contribution is -2.51. The molecule has 2 rings (SSSR count). The van der Waals surface area contributed by atoms with Crippen molar-refractivity contribution in [2.24, 2.45) is 5.73 Å². The number of hydrogen-bond donors (Lipinski definition) is 1. The Morgan fingerprint density at radius 3 is 2.62 bits per heavy atom. The van der Waals surface area contributed by atoms with E-state index in [2.05, 4.69) is 0 Å². The fraction of sp³-hybridized carbons (Fsp3) is 0.562. The summed E-state index contributed by atoms with van der Waals surface area (Å²) in [6.07, 6.45) is 1.89. The van der Waals surface area contributed by atoms with Gasteiger partial charge in [0.2, 0.25) is 5.91 Å². The molecule has 1 aromatic carbocycles. The molecule has 1 amide bonds. The number of carbonyl (C=O) groups excluding carboxylic acids is 1. The summed E-state index contributed by atoms with van der Waals surface area (Å²) in [7, 11) is 0. The number of halogens is 2. The first kappa shape index (κ1) is 16.2. The van der Waals surface area contributed by atoms with Gasteiger partial charge < -0.3 is 10.6 Å². The molecule has 1 aliphatic heterocycles. The third-order valence-corrected chi connectivity index (χ3v) is 4.12. The molecule has 5 heteroatoms. The summed E-state index contributed by atoms with van der Waals surface area (Å²) in [5.74, 6) is -0.387. The van der Waals surface area contributed by atoms with Crippen LogP contribution in [0.5, 0.6) is 0 Å². The predicted octanol–water partition coefficient (Wildman–Crippen LogP) is 3.66. The summed E-state index contributed by atoms with van der Waals surface area (Å²) in [5.41, 5.74) is 6.29. The average Bonchev–Trinajstić information content (AvgIpc) is 2.48. The quantitative estimate of drug-likeness (QED) is 0.860. The summed E-state index contributed by atoms with van der Waals surface area (Å²) in [5, 5.41) is 0.340. The monoisotopic (exact) mass is 312 g/mol. The van der Waals surface area contributed by atoms with Crippen LogP contribution in [0, 0.1) is 5.82 Å². The van der Waals surface area contributed by atoms with Gasteiger partial charge >= 0.3 is 0 Å². The lowest BCUT2D eigenvalue weighted by Gasteiger charge is -2.43. The van der Waals surface area contributed by atoms with Crippen LogP contribution in [0.2, 0.25) is 5.02 Å². The Labute approximate surface area is 130 Å². The topological polar surface area (TPSA) is 46.3 Å². The largest absolute Gasteiger partial charge is 0.329 e. The number of nitrogens with two attached hydrogens (primary N) is 1. The van der Waals surface area contributed by atoms with Gasteiger partial charge in [-0.15, -0.1) is 0 Å². The van der Waals surface area contributed by atoms with E-state index in [1.54, 1.807) is 17.0 Å². The molecular formula is C16H22ClFN2O. The highest BCUT2D eigenvalue weighted by Gasteiger charge is 2.40. The number of hydrogen-bond acceptors (Lipinski definition) is 2. The molecule has 2 unspecified atom stereocenters. The second-order valence-corrected chi connectivity index (χ2v) is 7.04. The number of benzene rings is 1. The third-order valence-electron chi connectivity index (χ3n) is 3.88.